The molecular formula is C10H20N2S. The number of thiocarbonyl (C=S) groups is 1. The van der Waals surface area contributed by atoms with Crippen molar-refractivity contribution in [3.8, 4) is 0 Å². The van der Waals surface area contributed by atoms with E-state index in [0.29, 0.717) is 5.92 Å². The second-order valence-electron chi connectivity index (χ2n) is 4.46. The van der Waals surface area contributed by atoms with Gasteiger partial charge in [0.15, 0.2) is 5.11 Å². The molecule has 3 heteroatoms. The van der Waals surface area contributed by atoms with Crippen molar-refractivity contribution in [1.29, 1.82) is 0 Å². The first-order valence-electron chi connectivity index (χ1n) is 5.11. The van der Waals surface area contributed by atoms with Gasteiger partial charge in [0.2, 0.25) is 0 Å². The largest absolute Gasteiger partial charge is 0.362 e. The summed E-state index contributed by atoms with van der Waals surface area (Å²) in [5.41, 5.74) is 0. The Morgan fingerprint density at radius 2 is 2.08 bits per heavy atom. The Balaban J connectivity index is 1.98. The van der Waals surface area contributed by atoms with Crippen molar-refractivity contribution < 1.29 is 0 Å². The minimum absolute atomic E-state index is 0.652. The Bertz CT molecular complexity index is 180. The molecular weight excluding hydrogens is 180 g/mol. The van der Waals surface area contributed by atoms with Gasteiger partial charge in [-0.25, -0.2) is 0 Å². The van der Waals surface area contributed by atoms with E-state index in [2.05, 4.69) is 31.4 Å². The summed E-state index contributed by atoms with van der Waals surface area (Å²) in [5.74, 6) is 2.42. The summed E-state index contributed by atoms with van der Waals surface area (Å²) in [7, 11) is 0. The maximum absolute atomic E-state index is 5.14. The maximum atomic E-state index is 5.14. The van der Waals surface area contributed by atoms with Crippen molar-refractivity contribution in [2.24, 2.45) is 17.8 Å². The highest BCUT2D eigenvalue weighted by molar-refractivity contribution is 7.80. The number of rotatable bonds is 4. The third kappa shape index (κ3) is 4.46. The van der Waals surface area contributed by atoms with Crippen LogP contribution in [0.5, 0.6) is 0 Å². The van der Waals surface area contributed by atoms with Gasteiger partial charge >= 0.3 is 0 Å². The summed E-state index contributed by atoms with van der Waals surface area (Å²) in [6, 6.07) is 0. The third-order valence-corrected chi connectivity index (χ3v) is 2.76. The first-order valence-corrected chi connectivity index (χ1v) is 5.52. The smallest absolute Gasteiger partial charge is 0.166 e. The summed E-state index contributed by atoms with van der Waals surface area (Å²) < 4.78 is 0. The topological polar surface area (TPSA) is 24.1 Å². The van der Waals surface area contributed by atoms with Crippen LogP contribution in [0.1, 0.15) is 27.2 Å². The highest BCUT2D eigenvalue weighted by Crippen LogP contribution is 2.36. The fourth-order valence-electron chi connectivity index (χ4n) is 1.27. The van der Waals surface area contributed by atoms with Crippen LogP contribution in [-0.2, 0) is 0 Å². The number of nitrogens with one attached hydrogen (secondary N) is 2. The molecule has 1 aliphatic carbocycles. The van der Waals surface area contributed by atoms with E-state index in [1.165, 1.54) is 6.42 Å². The van der Waals surface area contributed by atoms with Crippen LogP contribution in [0.15, 0.2) is 0 Å². The highest BCUT2D eigenvalue weighted by Gasteiger charge is 2.31. The van der Waals surface area contributed by atoms with Gasteiger partial charge in [-0.2, -0.15) is 0 Å². The molecule has 0 radical (unpaired) electrons. The molecule has 0 aliphatic heterocycles. The second kappa shape index (κ2) is 4.80. The first-order chi connectivity index (χ1) is 6.09. The molecule has 2 nitrogen and oxygen atoms in total. The molecule has 1 rings (SSSR count). The fourth-order valence-corrected chi connectivity index (χ4v) is 1.43. The number of hydrogen-bond donors (Lipinski definition) is 2. The Labute approximate surface area is 86.5 Å². The van der Waals surface area contributed by atoms with E-state index in [1.54, 1.807) is 0 Å². The zero-order valence-electron chi connectivity index (χ0n) is 8.76. The summed E-state index contributed by atoms with van der Waals surface area (Å²) in [6.45, 7) is 8.66. The van der Waals surface area contributed by atoms with E-state index < -0.39 is 0 Å². The zero-order chi connectivity index (χ0) is 9.84. The second-order valence-corrected chi connectivity index (χ2v) is 4.87. The highest BCUT2D eigenvalue weighted by atomic mass is 32.1. The molecule has 0 spiro atoms. The molecule has 2 N–H and O–H groups in total. The predicted octanol–water partition coefficient (Wildman–Crippen LogP) is 1.76. The monoisotopic (exact) mass is 200 g/mol. The van der Waals surface area contributed by atoms with Gasteiger partial charge in [0.05, 0.1) is 0 Å². The van der Waals surface area contributed by atoms with Crippen molar-refractivity contribution in [2.75, 3.05) is 13.1 Å². The molecule has 1 aliphatic rings. The first kappa shape index (κ1) is 10.8. The van der Waals surface area contributed by atoms with E-state index in [9.17, 15) is 0 Å². The molecule has 0 amide bonds. The fraction of sp³-hybridized carbons (Fsp3) is 0.900. The van der Waals surface area contributed by atoms with Crippen LogP contribution >= 0.6 is 12.2 Å². The van der Waals surface area contributed by atoms with Crippen LogP contribution in [0.25, 0.3) is 0 Å². The lowest BCUT2D eigenvalue weighted by Gasteiger charge is -2.11. The lowest BCUT2D eigenvalue weighted by molar-refractivity contribution is 0.614. The maximum Gasteiger partial charge on any atom is 0.166 e. The Morgan fingerprint density at radius 3 is 2.54 bits per heavy atom. The van der Waals surface area contributed by atoms with Crippen molar-refractivity contribution in [1.82, 2.24) is 10.6 Å². The molecule has 0 aromatic carbocycles. The van der Waals surface area contributed by atoms with Gasteiger partial charge in [0.1, 0.15) is 0 Å². The molecule has 0 heterocycles. The molecule has 1 fully saturated rings. The molecule has 2 unspecified atom stereocenters. The van der Waals surface area contributed by atoms with Gasteiger partial charge in [0.25, 0.3) is 0 Å². The van der Waals surface area contributed by atoms with Gasteiger partial charge in [-0.15, -0.1) is 0 Å². The van der Waals surface area contributed by atoms with Gasteiger partial charge in [-0.1, -0.05) is 20.8 Å². The van der Waals surface area contributed by atoms with Crippen LogP contribution < -0.4 is 10.6 Å². The van der Waals surface area contributed by atoms with Crippen LogP contribution in [0.4, 0.5) is 0 Å². The minimum Gasteiger partial charge on any atom is -0.362 e. The predicted molar refractivity (Wildman–Crippen MR) is 60.7 cm³/mol. The summed E-state index contributed by atoms with van der Waals surface area (Å²) in [5, 5.41) is 7.26. The Hall–Kier alpha value is -0.310. The van der Waals surface area contributed by atoms with E-state index in [1.807, 2.05) is 0 Å². The SMILES string of the molecule is CC(C)CNC(=S)NCC1CC1C. The van der Waals surface area contributed by atoms with Gasteiger partial charge in [-0.3, -0.25) is 0 Å². The van der Waals surface area contributed by atoms with Gasteiger partial charge in [0, 0.05) is 13.1 Å². The van der Waals surface area contributed by atoms with Crippen molar-refractivity contribution in [2.45, 2.75) is 27.2 Å². The number of hydrogen-bond acceptors (Lipinski definition) is 1. The average molecular weight is 200 g/mol. The van der Waals surface area contributed by atoms with Crippen LogP contribution in [0.3, 0.4) is 0 Å². The quantitative estimate of drug-likeness (QED) is 0.676. The summed E-state index contributed by atoms with van der Waals surface area (Å²) in [6.07, 6.45) is 1.36. The Morgan fingerprint density at radius 1 is 1.46 bits per heavy atom. The molecule has 76 valence electrons. The van der Waals surface area contributed by atoms with Crippen LogP contribution in [0.2, 0.25) is 0 Å². The lowest BCUT2D eigenvalue weighted by Crippen LogP contribution is -2.38. The van der Waals surface area contributed by atoms with Crippen molar-refractivity contribution in [3.05, 3.63) is 0 Å². The molecule has 0 aromatic heterocycles. The third-order valence-electron chi connectivity index (χ3n) is 2.47. The summed E-state index contributed by atoms with van der Waals surface area (Å²) >= 11 is 5.14. The zero-order valence-corrected chi connectivity index (χ0v) is 9.58. The average Bonchev–Trinajstić information content (AvgIpc) is 2.75. The van der Waals surface area contributed by atoms with E-state index in [0.717, 1.165) is 30.0 Å². The van der Waals surface area contributed by atoms with E-state index >= 15 is 0 Å². The Kier molecular flexibility index (Phi) is 3.97. The molecule has 13 heavy (non-hydrogen) atoms. The van der Waals surface area contributed by atoms with E-state index in [4.69, 9.17) is 12.2 Å². The summed E-state index contributed by atoms with van der Waals surface area (Å²) in [4.78, 5) is 0. The van der Waals surface area contributed by atoms with Gasteiger partial charge in [-0.05, 0) is 36.4 Å². The molecule has 0 aromatic rings. The lowest BCUT2D eigenvalue weighted by atomic mass is 10.2. The normalized spacial score (nSPS) is 25.8. The molecule has 0 saturated heterocycles. The molecule has 0 bridgehead atoms. The van der Waals surface area contributed by atoms with E-state index in [-0.39, 0.29) is 0 Å². The molecule has 1 saturated carbocycles. The molecule has 2 atom stereocenters. The minimum atomic E-state index is 0.652. The van der Waals surface area contributed by atoms with Crippen molar-refractivity contribution in [3.63, 3.8) is 0 Å². The standard InChI is InChI=1S/C10H20N2S/c1-7(2)5-11-10(13)12-6-9-4-8(9)3/h7-9H,4-6H2,1-3H3,(H2,11,12,13). The van der Waals surface area contributed by atoms with Gasteiger partial charge < -0.3 is 10.6 Å². The van der Waals surface area contributed by atoms with Crippen LogP contribution in [0, 0.1) is 17.8 Å². The van der Waals surface area contributed by atoms with Crippen molar-refractivity contribution >= 4 is 17.3 Å². The van der Waals surface area contributed by atoms with Crippen LogP contribution in [-0.4, -0.2) is 18.2 Å².